The molecule has 0 aliphatic carbocycles. The molecule has 0 spiro atoms. The van der Waals surface area contributed by atoms with E-state index in [4.69, 9.17) is 9.72 Å². The van der Waals surface area contributed by atoms with Gasteiger partial charge in [-0.1, -0.05) is 102 Å². The number of imidazole rings is 1. The molecule has 0 radical (unpaired) electrons. The predicted molar refractivity (Wildman–Crippen MR) is 154 cm³/mol. The lowest BCUT2D eigenvalue weighted by Gasteiger charge is -2.19. The minimum Gasteiger partial charge on any atom is -0.495 e. The Morgan fingerprint density at radius 2 is 1.46 bits per heavy atom. The molecular formula is C32H45N3O2. The summed E-state index contributed by atoms with van der Waals surface area (Å²) in [6.45, 7) is 3.89. The van der Waals surface area contributed by atoms with Crippen molar-refractivity contribution in [2.45, 2.75) is 103 Å². The van der Waals surface area contributed by atoms with E-state index in [2.05, 4.69) is 29.7 Å². The van der Waals surface area contributed by atoms with E-state index in [9.17, 15) is 4.79 Å². The third kappa shape index (κ3) is 7.15. The van der Waals surface area contributed by atoms with Crippen LogP contribution in [0.5, 0.6) is 5.75 Å². The number of fused-ring (bicyclic) bond motifs is 1. The van der Waals surface area contributed by atoms with Crippen molar-refractivity contribution in [3.8, 4) is 5.75 Å². The highest BCUT2D eigenvalue weighted by Crippen LogP contribution is 2.37. The number of hydrogen-bond donors (Lipinski definition) is 0. The number of carbonyl (C=O) groups is 1. The van der Waals surface area contributed by atoms with Crippen molar-refractivity contribution in [3.63, 3.8) is 0 Å². The van der Waals surface area contributed by atoms with Crippen LogP contribution in [-0.2, 0) is 11.3 Å². The van der Waals surface area contributed by atoms with Gasteiger partial charge >= 0.3 is 0 Å². The van der Waals surface area contributed by atoms with Gasteiger partial charge in [0.1, 0.15) is 11.6 Å². The number of nitrogens with zero attached hydrogens (tertiary/aromatic N) is 3. The maximum Gasteiger partial charge on any atom is 0.227 e. The third-order valence-corrected chi connectivity index (χ3v) is 7.79. The zero-order chi connectivity index (χ0) is 25.9. The summed E-state index contributed by atoms with van der Waals surface area (Å²) in [6.07, 6.45) is 16.7. The van der Waals surface area contributed by atoms with E-state index in [0.29, 0.717) is 13.0 Å². The zero-order valence-electron chi connectivity index (χ0n) is 23.0. The van der Waals surface area contributed by atoms with Crippen molar-refractivity contribution in [2.75, 3.05) is 18.6 Å². The van der Waals surface area contributed by atoms with Crippen LogP contribution in [0.4, 0.5) is 5.69 Å². The van der Waals surface area contributed by atoms with Gasteiger partial charge in [0.05, 0.1) is 23.8 Å². The van der Waals surface area contributed by atoms with Gasteiger partial charge in [0, 0.05) is 25.4 Å². The number of methoxy groups -OCH3 is 1. The van der Waals surface area contributed by atoms with Crippen molar-refractivity contribution in [1.82, 2.24) is 9.55 Å². The van der Waals surface area contributed by atoms with Crippen LogP contribution in [0.25, 0.3) is 11.0 Å². The molecule has 37 heavy (non-hydrogen) atoms. The molecule has 0 saturated carbocycles. The molecule has 5 nitrogen and oxygen atoms in total. The molecule has 1 fully saturated rings. The molecule has 1 aliphatic rings. The molecule has 1 amide bonds. The molecule has 2 heterocycles. The van der Waals surface area contributed by atoms with Crippen LogP contribution in [0, 0.1) is 0 Å². The van der Waals surface area contributed by atoms with E-state index in [0.717, 1.165) is 35.7 Å². The van der Waals surface area contributed by atoms with Crippen molar-refractivity contribution in [2.24, 2.45) is 0 Å². The van der Waals surface area contributed by atoms with E-state index in [1.165, 1.54) is 76.1 Å². The molecule has 1 atom stereocenters. The van der Waals surface area contributed by atoms with Crippen molar-refractivity contribution in [1.29, 1.82) is 0 Å². The second kappa shape index (κ2) is 14.2. The van der Waals surface area contributed by atoms with E-state index < -0.39 is 0 Å². The molecular weight excluding hydrogens is 458 g/mol. The summed E-state index contributed by atoms with van der Waals surface area (Å²) in [7, 11) is 1.66. The summed E-state index contributed by atoms with van der Waals surface area (Å²) < 4.78 is 7.91. The molecule has 0 N–H and O–H groups in total. The van der Waals surface area contributed by atoms with Crippen LogP contribution in [0.1, 0.15) is 102 Å². The van der Waals surface area contributed by atoms with Crippen LogP contribution in [0.2, 0.25) is 0 Å². The van der Waals surface area contributed by atoms with Gasteiger partial charge in [-0.05, 0) is 30.7 Å². The lowest BCUT2D eigenvalue weighted by atomic mass is 10.1. The third-order valence-electron chi connectivity index (χ3n) is 7.79. The number of hydrogen-bond acceptors (Lipinski definition) is 3. The molecule has 1 aliphatic heterocycles. The molecule has 200 valence electrons. The van der Waals surface area contributed by atoms with Gasteiger partial charge in [0.25, 0.3) is 0 Å². The minimum atomic E-state index is 0.0853. The van der Waals surface area contributed by atoms with Crippen molar-refractivity contribution in [3.05, 3.63) is 54.4 Å². The average molecular weight is 504 g/mol. The zero-order valence-corrected chi connectivity index (χ0v) is 23.0. The number of para-hydroxylation sites is 4. The highest BCUT2D eigenvalue weighted by Gasteiger charge is 2.35. The van der Waals surface area contributed by atoms with E-state index in [-0.39, 0.29) is 11.8 Å². The largest absolute Gasteiger partial charge is 0.495 e. The second-order valence-corrected chi connectivity index (χ2v) is 10.6. The van der Waals surface area contributed by atoms with Gasteiger partial charge in [-0.3, -0.25) is 4.79 Å². The number of unbranched alkanes of at least 4 members (excludes halogenated alkanes) is 11. The van der Waals surface area contributed by atoms with Gasteiger partial charge < -0.3 is 14.2 Å². The SMILES string of the molecule is CCCCCCCCCCCCCCn1c([C@@H]2CC(=O)N(c3ccccc3OC)C2)nc2ccccc21. The summed E-state index contributed by atoms with van der Waals surface area (Å²) in [6, 6.07) is 16.2. The Bertz CT molecular complexity index is 1120. The van der Waals surface area contributed by atoms with Crippen LogP contribution < -0.4 is 9.64 Å². The molecule has 1 saturated heterocycles. The molecule has 0 bridgehead atoms. The molecule has 0 unspecified atom stereocenters. The van der Waals surface area contributed by atoms with E-state index in [1.807, 2.05) is 35.2 Å². The second-order valence-electron chi connectivity index (χ2n) is 10.6. The van der Waals surface area contributed by atoms with Crippen molar-refractivity contribution < 1.29 is 9.53 Å². The smallest absolute Gasteiger partial charge is 0.227 e. The van der Waals surface area contributed by atoms with Crippen LogP contribution >= 0.6 is 0 Å². The number of aromatic nitrogens is 2. The number of aryl methyl sites for hydroxylation is 1. The maximum absolute atomic E-state index is 13.1. The fourth-order valence-corrected chi connectivity index (χ4v) is 5.72. The van der Waals surface area contributed by atoms with E-state index in [1.54, 1.807) is 7.11 Å². The Balaban J connectivity index is 1.31. The first-order valence-corrected chi connectivity index (χ1v) is 14.6. The normalized spacial score (nSPS) is 15.7. The topological polar surface area (TPSA) is 47.4 Å². The summed E-state index contributed by atoms with van der Waals surface area (Å²) in [5.74, 6) is 2.01. The van der Waals surface area contributed by atoms with Gasteiger partial charge in [-0.2, -0.15) is 0 Å². The lowest BCUT2D eigenvalue weighted by molar-refractivity contribution is -0.117. The van der Waals surface area contributed by atoms with Gasteiger partial charge in [-0.25, -0.2) is 4.98 Å². The first-order chi connectivity index (χ1) is 18.2. The molecule has 1 aromatic heterocycles. The predicted octanol–water partition coefficient (Wildman–Crippen LogP) is 8.27. The number of anilines is 1. The monoisotopic (exact) mass is 503 g/mol. The Morgan fingerprint density at radius 1 is 0.838 bits per heavy atom. The van der Waals surface area contributed by atoms with Gasteiger partial charge in [0.15, 0.2) is 0 Å². The highest BCUT2D eigenvalue weighted by atomic mass is 16.5. The number of amides is 1. The Morgan fingerprint density at radius 3 is 2.16 bits per heavy atom. The van der Waals surface area contributed by atoms with Gasteiger partial charge in [0.2, 0.25) is 5.91 Å². The first kappa shape index (κ1) is 27.2. The fourth-order valence-electron chi connectivity index (χ4n) is 5.72. The Kier molecular flexibility index (Phi) is 10.5. The number of rotatable bonds is 16. The standard InChI is InChI=1S/C32H45N3O2/c1-3-4-5-6-7-8-9-10-11-12-13-18-23-34-28-20-15-14-19-27(28)33-32(34)26-24-31(36)35(25-26)29-21-16-17-22-30(29)37-2/h14-17,19-22,26H,3-13,18,23-25H2,1-2H3/t26-/m1/s1. The van der Waals surface area contributed by atoms with Crippen molar-refractivity contribution >= 4 is 22.6 Å². The van der Waals surface area contributed by atoms with Crippen LogP contribution in [-0.4, -0.2) is 29.1 Å². The maximum atomic E-state index is 13.1. The summed E-state index contributed by atoms with van der Waals surface area (Å²) >= 11 is 0. The summed E-state index contributed by atoms with van der Waals surface area (Å²) in [5.41, 5.74) is 3.06. The molecule has 5 heteroatoms. The van der Waals surface area contributed by atoms with Crippen LogP contribution in [0.3, 0.4) is 0 Å². The number of benzene rings is 2. The lowest BCUT2D eigenvalue weighted by Crippen LogP contribution is -2.25. The van der Waals surface area contributed by atoms with Gasteiger partial charge in [-0.15, -0.1) is 0 Å². The quantitative estimate of drug-likeness (QED) is 0.185. The summed E-state index contributed by atoms with van der Waals surface area (Å²) in [4.78, 5) is 20.0. The highest BCUT2D eigenvalue weighted by molar-refractivity contribution is 5.97. The van der Waals surface area contributed by atoms with Crippen LogP contribution in [0.15, 0.2) is 48.5 Å². The molecule has 3 aromatic rings. The molecule has 4 rings (SSSR count). The Hall–Kier alpha value is -2.82. The minimum absolute atomic E-state index is 0.0853. The Labute approximate surface area is 223 Å². The number of carbonyl (C=O) groups excluding carboxylic acids is 1. The summed E-state index contributed by atoms with van der Waals surface area (Å²) in [5, 5.41) is 0. The molecule has 2 aromatic carbocycles. The first-order valence-electron chi connectivity index (χ1n) is 14.6. The van der Waals surface area contributed by atoms with E-state index >= 15 is 0 Å². The fraction of sp³-hybridized carbons (Fsp3) is 0.562. The average Bonchev–Trinajstić information content (AvgIpc) is 3.49. The number of ether oxygens (including phenoxy) is 1.